The summed E-state index contributed by atoms with van der Waals surface area (Å²) in [5.41, 5.74) is 0.252. The topological polar surface area (TPSA) is 50.2 Å². The van der Waals surface area contributed by atoms with Crippen molar-refractivity contribution in [3.8, 4) is 0 Å². The molecule has 0 aromatic carbocycles. The molecule has 0 aliphatic rings. The summed E-state index contributed by atoms with van der Waals surface area (Å²) >= 11 is 0. The summed E-state index contributed by atoms with van der Waals surface area (Å²) in [5, 5.41) is 8.14. The van der Waals surface area contributed by atoms with Crippen LogP contribution < -0.4 is 0 Å². The Labute approximate surface area is 73.0 Å². The Morgan fingerprint density at radius 3 is 2.46 bits per heavy atom. The van der Waals surface area contributed by atoms with Crippen LogP contribution in [0, 0.1) is 0 Å². The summed E-state index contributed by atoms with van der Waals surface area (Å²) in [6.07, 6.45) is 1.88. The van der Waals surface area contributed by atoms with Crippen molar-refractivity contribution in [1.29, 1.82) is 0 Å². The molecule has 13 heavy (non-hydrogen) atoms. The number of nitrogens with zero attached hydrogens (tertiary/aromatic N) is 1. The maximum absolute atomic E-state index is 12.6. The van der Waals surface area contributed by atoms with E-state index >= 15 is 0 Å². The molecule has 1 aromatic rings. The summed E-state index contributed by atoms with van der Waals surface area (Å²) in [4.78, 5) is 13.7. The van der Waals surface area contributed by atoms with Crippen LogP contribution in [0.15, 0.2) is 24.5 Å². The van der Waals surface area contributed by atoms with Gasteiger partial charge in [0.2, 0.25) is 0 Å². The van der Waals surface area contributed by atoms with Crippen LogP contribution in [0.25, 0.3) is 0 Å². The minimum atomic E-state index is -3.71. The molecule has 70 valence electrons. The minimum Gasteiger partial charge on any atom is -0.477 e. The highest BCUT2D eigenvalue weighted by molar-refractivity contribution is 5.75. The molecule has 0 spiro atoms. The third kappa shape index (κ3) is 2.47. The van der Waals surface area contributed by atoms with E-state index < -0.39 is 18.3 Å². The molecule has 0 atom stereocenters. The lowest BCUT2D eigenvalue weighted by molar-refractivity contribution is -0.164. The van der Waals surface area contributed by atoms with E-state index in [1.165, 1.54) is 24.5 Å². The quantitative estimate of drug-likeness (QED) is 0.776. The number of alkyl halides is 2. The van der Waals surface area contributed by atoms with Crippen molar-refractivity contribution in [2.24, 2.45) is 0 Å². The molecule has 0 amide bonds. The lowest BCUT2D eigenvalue weighted by Gasteiger charge is -2.09. The number of pyridine rings is 1. The van der Waals surface area contributed by atoms with Crippen LogP contribution in [0.2, 0.25) is 0 Å². The Bertz CT molecular complexity index is 300. The fourth-order valence-corrected chi connectivity index (χ4v) is 0.833. The van der Waals surface area contributed by atoms with Gasteiger partial charge in [-0.15, -0.1) is 0 Å². The van der Waals surface area contributed by atoms with Crippen molar-refractivity contribution in [1.82, 2.24) is 4.98 Å². The fourth-order valence-electron chi connectivity index (χ4n) is 0.833. The van der Waals surface area contributed by atoms with E-state index in [9.17, 15) is 13.6 Å². The van der Waals surface area contributed by atoms with E-state index in [0.29, 0.717) is 0 Å². The normalized spacial score (nSPS) is 11.2. The van der Waals surface area contributed by atoms with E-state index in [1.807, 2.05) is 0 Å². The minimum absolute atomic E-state index is 0.252. The fraction of sp³-hybridized carbons (Fsp3) is 0.250. The van der Waals surface area contributed by atoms with Crippen LogP contribution >= 0.6 is 0 Å². The summed E-state index contributed by atoms with van der Waals surface area (Å²) in [5.74, 6) is -5.81. The van der Waals surface area contributed by atoms with Gasteiger partial charge in [-0.05, 0) is 17.7 Å². The first-order valence-corrected chi connectivity index (χ1v) is 3.52. The van der Waals surface area contributed by atoms with Gasteiger partial charge in [0.05, 0.1) is 0 Å². The van der Waals surface area contributed by atoms with E-state index in [0.717, 1.165) is 0 Å². The average molecular weight is 187 g/mol. The molecule has 1 N–H and O–H groups in total. The molecule has 0 saturated heterocycles. The second-order valence-corrected chi connectivity index (χ2v) is 2.54. The molecule has 3 nitrogen and oxygen atoms in total. The van der Waals surface area contributed by atoms with Gasteiger partial charge >= 0.3 is 11.9 Å². The predicted molar refractivity (Wildman–Crippen MR) is 40.5 cm³/mol. The van der Waals surface area contributed by atoms with Crippen molar-refractivity contribution < 1.29 is 18.7 Å². The Morgan fingerprint density at radius 1 is 1.46 bits per heavy atom. The molecular formula is C8H7F2NO2. The van der Waals surface area contributed by atoms with Crippen molar-refractivity contribution in [2.45, 2.75) is 12.3 Å². The molecule has 1 heterocycles. The van der Waals surface area contributed by atoms with Gasteiger partial charge in [0.1, 0.15) is 0 Å². The van der Waals surface area contributed by atoms with Gasteiger partial charge in [0.15, 0.2) is 0 Å². The Morgan fingerprint density at radius 2 is 2.00 bits per heavy atom. The molecule has 0 unspecified atom stereocenters. The third-order valence-corrected chi connectivity index (χ3v) is 1.49. The molecule has 1 aromatic heterocycles. The van der Waals surface area contributed by atoms with E-state index in [1.54, 1.807) is 0 Å². The molecule has 0 aliphatic heterocycles. The lowest BCUT2D eigenvalue weighted by Crippen LogP contribution is -2.30. The highest BCUT2D eigenvalue weighted by atomic mass is 19.3. The van der Waals surface area contributed by atoms with Crippen LogP contribution in [0.5, 0.6) is 0 Å². The largest absolute Gasteiger partial charge is 0.477 e. The summed E-state index contributed by atoms with van der Waals surface area (Å²) < 4.78 is 25.2. The number of carbonyl (C=O) groups is 1. The summed E-state index contributed by atoms with van der Waals surface area (Å²) in [6.45, 7) is 0. The number of halogens is 2. The van der Waals surface area contributed by atoms with Gasteiger partial charge in [-0.25, -0.2) is 4.79 Å². The molecule has 0 bridgehead atoms. The van der Waals surface area contributed by atoms with Crippen LogP contribution in [-0.2, 0) is 11.2 Å². The van der Waals surface area contributed by atoms with Crippen molar-refractivity contribution in [2.75, 3.05) is 0 Å². The predicted octanol–water partition coefficient (Wildman–Crippen LogP) is 1.34. The molecule has 5 heteroatoms. The number of carboxylic acids is 1. The highest BCUT2D eigenvalue weighted by Crippen LogP contribution is 2.19. The SMILES string of the molecule is O=C(O)C(F)(F)Cc1ccncc1. The van der Waals surface area contributed by atoms with Gasteiger partial charge in [0, 0.05) is 18.8 Å². The van der Waals surface area contributed by atoms with Crippen molar-refractivity contribution in [3.63, 3.8) is 0 Å². The number of aliphatic carboxylic acids is 1. The molecule has 1 rings (SSSR count). The second-order valence-electron chi connectivity index (χ2n) is 2.54. The van der Waals surface area contributed by atoms with Crippen molar-refractivity contribution >= 4 is 5.97 Å². The van der Waals surface area contributed by atoms with Gasteiger partial charge in [-0.1, -0.05) is 0 Å². The zero-order chi connectivity index (χ0) is 9.90. The number of carboxylic acid groups (broad SMARTS) is 1. The maximum Gasteiger partial charge on any atom is 0.374 e. The standard InChI is InChI=1S/C8H7F2NO2/c9-8(10,7(12)13)5-6-1-3-11-4-2-6/h1-4H,5H2,(H,12,13). The number of aromatic nitrogens is 1. The van der Waals surface area contributed by atoms with Gasteiger partial charge in [0.25, 0.3) is 0 Å². The van der Waals surface area contributed by atoms with Crippen LogP contribution in [0.3, 0.4) is 0 Å². The summed E-state index contributed by atoms with van der Waals surface area (Å²) in [7, 11) is 0. The third-order valence-electron chi connectivity index (χ3n) is 1.49. The monoisotopic (exact) mass is 187 g/mol. The Balaban J connectivity index is 2.75. The van der Waals surface area contributed by atoms with E-state index in [-0.39, 0.29) is 5.56 Å². The smallest absolute Gasteiger partial charge is 0.374 e. The van der Waals surface area contributed by atoms with Crippen molar-refractivity contribution in [3.05, 3.63) is 30.1 Å². The molecular weight excluding hydrogens is 180 g/mol. The first-order chi connectivity index (χ1) is 6.02. The second kappa shape index (κ2) is 3.47. The number of rotatable bonds is 3. The molecule has 0 radical (unpaired) electrons. The summed E-state index contributed by atoms with van der Waals surface area (Å²) in [6, 6.07) is 2.72. The lowest BCUT2D eigenvalue weighted by atomic mass is 10.1. The Kier molecular flexibility index (Phi) is 2.55. The van der Waals surface area contributed by atoms with E-state index in [2.05, 4.69) is 4.98 Å². The molecule has 0 saturated carbocycles. The average Bonchev–Trinajstić information content (AvgIpc) is 2.05. The van der Waals surface area contributed by atoms with Gasteiger partial charge < -0.3 is 5.11 Å². The van der Waals surface area contributed by atoms with Crippen LogP contribution in [0.4, 0.5) is 8.78 Å². The van der Waals surface area contributed by atoms with Crippen LogP contribution in [-0.4, -0.2) is 22.0 Å². The zero-order valence-corrected chi connectivity index (χ0v) is 6.58. The first kappa shape index (κ1) is 9.57. The first-order valence-electron chi connectivity index (χ1n) is 3.52. The maximum atomic E-state index is 12.6. The Hall–Kier alpha value is -1.52. The van der Waals surface area contributed by atoms with Gasteiger partial charge in [-0.2, -0.15) is 8.78 Å². The molecule has 0 aliphatic carbocycles. The van der Waals surface area contributed by atoms with Gasteiger partial charge in [-0.3, -0.25) is 4.98 Å². The number of hydrogen-bond acceptors (Lipinski definition) is 2. The van der Waals surface area contributed by atoms with E-state index in [4.69, 9.17) is 5.11 Å². The highest BCUT2D eigenvalue weighted by Gasteiger charge is 2.38. The van der Waals surface area contributed by atoms with Crippen LogP contribution in [0.1, 0.15) is 5.56 Å². The zero-order valence-electron chi connectivity index (χ0n) is 6.58. The number of hydrogen-bond donors (Lipinski definition) is 1. The molecule has 0 fully saturated rings.